The maximum atomic E-state index is 6.27. The van der Waals surface area contributed by atoms with Crippen LogP contribution in [0.2, 0.25) is 0 Å². The maximum absolute atomic E-state index is 6.27. The smallest absolute Gasteiger partial charge is 0.399 e. The van der Waals surface area contributed by atoms with E-state index in [1.165, 1.54) is 89.0 Å². The van der Waals surface area contributed by atoms with Gasteiger partial charge in [0, 0.05) is 43.3 Å². The molecule has 8 aromatic carbocycles. The van der Waals surface area contributed by atoms with Crippen molar-refractivity contribution in [2.75, 3.05) is 0 Å². The van der Waals surface area contributed by atoms with Gasteiger partial charge in [-0.1, -0.05) is 209 Å². The molecule has 0 radical (unpaired) electrons. The minimum Gasteiger partial charge on any atom is -0.399 e. The Bertz CT molecular complexity index is 3940. The molecular weight excluding hydrogens is 1270 g/mol. The highest BCUT2D eigenvalue weighted by atomic mass is 127. The molecule has 424 valence electrons. The molecule has 8 aromatic rings. The molecule has 4 aliphatic carbocycles. The molecule has 0 bridgehead atoms. The summed E-state index contributed by atoms with van der Waals surface area (Å²) in [6.45, 7) is 30.6. The van der Waals surface area contributed by atoms with Gasteiger partial charge in [-0.15, -0.1) is 0 Å². The van der Waals surface area contributed by atoms with Crippen molar-refractivity contribution in [3.8, 4) is 55.6 Å². The molecule has 6 aliphatic rings. The first kappa shape index (κ1) is 60.2. The van der Waals surface area contributed by atoms with Gasteiger partial charge in [0.25, 0.3) is 0 Å². The molecule has 84 heavy (non-hydrogen) atoms. The lowest BCUT2D eigenvalue weighted by molar-refractivity contribution is 0.00578. The van der Waals surface area contributed by atoms with Gasteiger partial charge in [0.05, 0.1) is 40.6 Å². The van der Waals surface area contributed by atoms with Crippen LogP contribution in [0.3, 0.4) is 0 Å². The van der Waals surface area contributed by atoms with Gasteiger partial charge in [-0.05, 0) is 196 Å². The average molecular weight is 1350 g/mol. The van der Waals surface area contributed by atoms with Crippen molar-refractivity contribution in [1.82, 2.24) is 0 Å². The predicted octanol–water partition coefficient (Wildman–Crippen LogP) is 19.6. The summed E-state index contributed by atoms with van der Waals surface area (Å²) in [7, 11) is -0.648. The van der Waals surface area contributed by atoms with Crippen LogP contribution in [-0.2, 0) is 34.9 Å². The Morgan fingerprint density at radius 3 is 1.12 bits per heavy atom. The van der Waals surface area contributed by atoms with Crippen molar-refractivity contribution in [2.45, 2.75) is 136 Å². The lowest BCUT2D eigenvalue weighted by Gasteiger charge is -2.32. The highest BCUT2D eigenvalue weighted by molar-refractivity contribution is 14.1. The van der Waals surface area contributed by atoms with E-state index in [0.29, 0.717) is 0 Å². The van der Waals surface area contributed by atoms with Gasteiger partial charge in [0.2, 0.25) is 0 Å². The molecule has 0 unspecified atom stereocenters. The fourth-order valence-electron chi connectivity index (χ4n) is 12.5. The summed E-state index contributed by atoms with van der Waals surface area (Å²) in [6.07, 6.45) is 8.90. The number of halogens is 3. The highest BCUT2D eigenvalue weighted by Gasteiger charge is 2.53. The topological polar surface area (TPSA) is 36.9 Å². The van der Waals surface area contributed by atoms with E-state index in [-0.39, 0.29) is 52.9 Å². The Kier molecular flexibility index (Phi) is 16.0. The molecule has 0 N–H and O–H groups in total. The van der Waals surface area contributed by atoms with Gasteiger partial charge in [-0.25, -0.2) is 0 Å². The van der Waals surface area contributed by atoms with Gasteiger partial charge in [-0.3, -0.25) is 0 Å². The summed E-state index contributed by atoms with van der Waals surface area (Å²) < 4.78 is 28.4. The Morgan fingerprint density at radius 1 is 0.357 bits per heavy atom. The Labute approximate surface area is 531 Å². The zero-order valence-electron chi connectivity index (χ0n) is 50.9. The molecule has 14 rings (SSSR count). The van der Waals surface area contributed by atoms with E-state index in [1.807, 2.05) is 18.2 Å². The van der Waals surface area contributed by atoms with E-state index >= 15 is 0 Å². The van der Waals surface area contributed by atoms with Crippen LogP contribution in [0, 0.1) is 6.08 Å². The molecule has 4 nitrogen and oxygen atoms in total. The second kappa shape index (κ2) is 22.4. The zero-order valence-corrected chi connectivity index (χ0v) is 56.2. The minimum atomic E-state index is -0.343. The number of hydrogen-bond acceptors (Lipinski definition) is 4. The van der Waals surface area contributed by atoms with Crippen LogP contribution >= 0.6 is 54.5 Å². The van der Waals surface area contributed by atoms with E-state index in [2.05, 4.69) is 333 Å². The van der Waals surface area contributed by atoms with Crippen LogP contribution in [-0.4, -0.2) is 36.6 Å². The lowest BCUT2D eigenvalue weighted by atomic mass is 9.74. The van der Waals surface area contributed by atoms with E-state index in [0.717, 1.165) is 23.5 Å². The van der Waals surface area contributed by atoms with E-state index < -0.39 is 0 Å². The Morgan fingerprint density at radius 2 is 0.714 bits per heavy atom. The fraction of sp³-hybridized carbons (Fsp3) is 0.280. The van der Waals surface area contributed by atoms with E-state index in [4.69, 9.17) is 18.6 Å². The third-order valence-corrected chi connectivity index (χ3v) is 20.5. The summed E-state index contributed by atoms with van der Waals surface area (Å²) in [5.41, 5.74) is 22.4. The van der Waals surface area contributed by atoms with Crippen molar-refractivity contribution in [2.24, 2.45) is 0 Å². The van der Waals surface area contributed by atoms with Crippen molar-refractivity contribution >= 4 is 79.6 Å². The van der Waals surface area contributed by atoms with Crippen LogP contribution in [0.4, 0.5) is 0 Å². The summed E-state index contributed by atoms with van der Waals surface area (Å²) in [6, 6.07) is 63.7. The molecular formula is C75H74B2Br2IO4+. The van der Waals surface area contributed by atoms with Crippen LogP contribution in [0.25, 0.3) is 55.6 Å². The first-order valence-electron chi connectivity index (χ1n) is 29.2. The largest absolute Gasteiger partial charge is 0.494 e. The zero-order chi connectivity index (χ0) is 59.9. The van der Waals surface area contributed by atoms with Crippen molar-refractivity contribution in [3.63, 3.8) is 0 Å². The predicted molar refractivity (Wildman–Crippen MR) is 369 cm³/mol. The number of rotatable bonds is 4. The molecule has 2 saturated heterocycles. The number of benzene rings is 8. The van der Waals surface area contributed by atoms with Gasteiger partial charge in [0.1, 0.15) is 10.6 Å². The quantitative estimate of drug-likeness (QED) is 0.1000. The third-order valence-electron chi connectivity index (χ3n) is 18.9. The van der Waals surface area contributed by atoms with Gasteiger partial charge < -0.3 is 18.6 Å². The first-order valence-corrected chi connectivity index (χ1v) is 31.9. The molecule has 0 aromatic heterocycles. The van der Waals surface area contributed by atoms with Crippen molar-refractivity contribution in [1.29, 1.82) is 0 Å². The van der Waals surface area contributed by atoms with Gasteiger partial charge in [-0.2, -0.15) is 0 Å². The first-order chi connectivity index (χ1) is 39.6. The normalized spacial score (nSPS) is 19.0. The monoisotopic (exact) mass is 1350 g/mol. The Balaban J connectivity index is 0.000000124. The van der Waals surface area contributed by atoms with Crippen molar-refractivity contribution in [3.05, 3.63) is 246 Å². The van der Waals surface area contributed by atoms with Gasteiger partial charge in [0.15, 0.2) is 3.58 Å². The molecule has 0 spiro atoms. The maximum Gasteiger partial charge on any atom is 0.494 e. The van der Waals surface area contributed by atoms with Gasteiger partial charge >= 0.3 is 14.2 Å². The third kappa shape index (κ3) is 11.1. The lowest BCUT2D eigenvalue weighted by Crippen LogP contribution is -2.41. The summed E-state index contributed by atoms with van der Waals surface area (Å²) in [5.74, 6) is 0. The molecule has 0 atom stereocenters. The summed E-state index contributed by atoms with van der Waals surface area (Å²) >= 11 is 9.12. The van der Waals surface area contributed by atoms with Crippen molar-refractivity contribution < 1.29 is 18.6 Å². The minimum absolute atomic E-state index is 0.00523. The van der Waals surface area contributed by atoms with Crippen LogP contribution in [0.5, 0.6) is 0 Å². The summed E-state index contributed by atoms with van der Waals surface area (Å²) in [5, 5.41) is 0. The number of hydrogen-bond donors (Lipinski definition) is 0. The molecule has 2 aliphatic heterocycles. The standard InChI is InChI=1S/C27H29BO2.C21H25BO2.C21H17Br.C6H3BrI/c1-25(2)23-13-8-7-12-21(23)22-15-14-19(17-24(22)25)18-10-9-11-20(16-18)28-29-26(3,4)27(5,6)30-28;1-19(2)17-10-8-7-9-15(17)16-12-11-14(13-18(16)19)22-23-20(3,4)21(5,6)24-22;1-21(2)19-9-4-3-8-17(19)18-11-10-15(13-20(18)21)14-6-5-7-16(22)12-14;7-5-2-1-3-6(8)4-5/h7-17H,1-6H3;7-13H,1-6H3;3-13H,1-2H3;1-2,4H/q;;;+1. The van der Waals surface area contributed by atoms with E-state index in [9.17, 15) is 0 Å². The second-order valence-electron chi connectivity index (χ2n) is 26.5. The van der Waals surface area contributed by atoms with Crippen LogP contribution < -0.4 is 10.9 Å². The molecule has 0 saturated carbocycles. The summed E-state index contributed by atoms with van der Waals surface area (Å²) in [4.78, 5) is 0. The van der Waals surface area contributed by atoms with Crippen LogP contribution in [0.1, 0.15) is 130 Å². The number of allylic oxidation sites excluding steroid dienone is 6. The van der Waals surface area contributed by atoms with E-state index in [1.54, 1.807) is 0 Å². The average Bonchev–Trinajstić information content (AvgIpc) is 4.29. The second-order valence-corrected chi connectivity index (χ2v) is 29.5. The molecule has 2 fully saturated rings. The fourth-order valence-corrected chi connectivity index (χ4v) is 14.2. The SMILES string of the molecule is BrC1=CC(I)=[C+]C=C1.CC1(C)c2ccccc2-c2ccc(-c3cccc(B4OC(C)(C)C(C)(C)O4)c3)cc21.CC1(C)c2ccccc2-c2ccc(-c3cccc(Br)c3)cc21.CC1(C)c2ccccc2-c2ccc(B3OC(C)(C)C(C)(C)O3)cc21. The number of fused-ring (bicyclic) bond motifs is 9. The van der Waals surface area contributed by atoms with Crippen LogP contribution in [0.15, 0.2) is 207 Å². The Hall–Kier alpha value is -5.45. The highest BCUT2D eigenvalue weighted by Crippen LogP contribution is 2.52. The molecule has 2 heterocycles. The molecule has 9 heteroatoms. The molecule has 0 amide bonds.